The second-order valence-corrected chi connectivity index (χ2v) is 8.37. The van der Waals surface area contributed by atoms with E-state index < -0.39 is 5.97 Å². The van der Waals surface area contributed by atoms with Crippen molar-refractivity contribution in [2.24, 2.45) is 0 Å². The van der Waals surface area contributed by atoms with E-state index in [1.54, 1.807) is 37.4 Å². The fraction of sp³-hybridized carbons (Fsp3) is 0.167. The van der Waals surface area contributed by atoms with Gasteiger partial charge >= 0.3 is 5.97 Å². The van der Waals surface area contributed by atoms with Gasteiger partial charge in [0.05, 0.1) is 22.6 Å². The Labute approximate surface area is 187 Å². The van der Waals surface area contributed by atoms with Crippen LogP contribution in [0.2, 0.25) is 0 Å². The number of methoxy groups -OCH3 is 1. The minimum atomic E-state index is -1.04. The topological polar surface area (TPSA) is 106 Å². The van der Waals surface area contributed by atoms with Crippen LogP contribution in [0.3, 0.4) is 0 Å². The van der Waals surface area contributed by atoms with Crippen LogP contribution in [0.5, 0.6) is 0 Å². The molecule has 8 heteroatoms. The van der Waals surface area contributed by atoms with Crippen LogP contribution in [0.4, 0.5) is 5.82 Å². The zero-order chi connectivity index (χ0) is 23.0. The molecule has 7 nitrogen and oxygen atoms in total. The Morgan fingerprint density at radius 3 is 2.56 bits per heavy atom. The second kappa shape index (κ2) is 8.49. The molecule has 0 spiro atoms. The smallest absolute Gasteiger partial charge is 0.336 e. The molecule has 0 unspecified atom stereocenters. The number of nitrogens with one attached hydrogen (secondary N) is 1. The normalized spacial score (nSPS) is 11.1. The number of carbonyl (C=O) groups is 3. The van der Waals surface area contributed by atoms with Gasteiger partial charge in [-0.25, -0.2) is 9.78 Å². The summed E-state index contributed by atoms with van der Waals surface area (Å²) in [5.74, 6) is -1.14. The molecule has 2 aromatic carbocycles. The van der Waals surface area contributed by atoms with Gasteiger partial charge in [0, 0.05) is 28.1 Å². The van der Waals surface area contributed by atoms with Crippen molar-refractivity contribution < 1.29 is 24.2 Å². The maximum atomic E-state index is 13.1. The number of pyridine rings is 1. The number of nitrogens with zero attached hydrogens (tertiary/aromatic N) is 1. The van der Waals surface area contributed by atoms with E-state index in [1.807, 2.05) is 13.0 Å². The number of benzene rings is 2. The highest BCUT2D eigenvalue weighted by molar-refractivity contribution is 7.21. The van der Waals surface area contributed by atoms with Crippen molar-refractivity contribution in [3.05, 3.63) is 69.6 Å². The van der Waals surface area contributed by atoms with Gasteiger partial charge in [-0.2, -0.15) is 0 Å². The van der Waals surface area contributed by atoms with Gasteiger partial charge in [0.2, 0.25) is 0 Å². The van der Waals surface area contributed by atoms with E-state index in [2.05, 4.69) is 10.3 Å². The first-order chi connectivity index (χ1) is 15.3. The number of Topliss-reactive ketones (excluding diaryl/α,β-unsaturated/α-hetero) is 1. The number of ether oxygens (including phenoxy) is 1. The predicted octanol–water partition coefficient (Wildman–Crippen LogP) is 5.06. The summed E-state index contributed by atoms with van der Waals surface area (Å²) < 4.78 is 6.05. The summed E-state index contributed by atoms with van der Waals surface area (Å²) >= 11 is 1.26. The van der Waals surface area contributed by atoms with Gasteiger partial charge in [0.1, 0.15) is 5.82 Å². The number of aromatic carboxylic acids is 1. The molecule has 0 radical (unpaired) electrons. The number of hydrogen-bond acceptors (Lipinski definition) is 6. The van der Waals surface area contributed by atoms with Crippen LogP contribution in [-0.2, 0) is 11.3 Å². The summed E-state index contributed by atoms with van der Waals surface area (Å²) in [6, 6.07) is 11.6. The SMILES string of the molecule is COCc1ccc(C(C)=O)c2sc(C(=O)Nc3ccc4c(C(=O)O)cccc4n3)c(C)c12. The Morgan fingerprint density at radius 1 is 1.09 bits per heavy atom. The number of thiophene rings is 1. The number of ketones is 1. The van der Waals surface area contributed by atoms with Crippen LogP contribution in [0.1, 0.15) is 48.4 Å². The number of carboxylic acid groups (broad SMARTS) is 1. The first-order valence-electron chi connectivity index (χ1n) is 9.81. The van der Waals surface area contributed by atoms with Crippen LogP contribution in [0.15, 0.2) is 42.5 Å². The molecule has 0 fully saturated rings. The maximum Gasteiger partial charge on any atom is 0.336 e. The van der Waals surface area contributed by atoms with Crippen molar-refractivity contribution in [3.63, 3.8) is 0 Å². The number of hydrogen-bond donors (Lipinski definition) is 2. The van der Waals surface area contributed by atoms with Crippen LogP contribution in [-0.4, -0.2) is 34.9 Å². The molecule has 2 N–H and O–H groups in total. The molecule has 4 aromatic rings. The molecular formula is C24H20N2O5S. The maximum absolute atomic E-state index is 13.1. The molecule has 0 aliphatic carbocycles. The summed E-state index contributed by atoms with van der Waals surface area (Å²) in [6.07, 6.45) is 0. The van der Waals surface area contributed by atoms with Crippen molar-refractivity contribution >= 4 is 55.8 Å². The Bertz CT molecular complexity index is 1410. The zero-order valence-corrected chi connectivity index (χ0v) is 18.5. The molecule has 0 saturated carbocycles. The number of amides is 1. The monoisotopic (exact) mass is 448 g/mol. The van der Waals surface area contributed by atoms with E-state index in [1.165, 1.54) is 24.3 Å². The predicted molar refractivity (Wildman–Crippen MR) is 124 cm³/mol. The minimum Gasteiger partial charge on any atom is -0.478 e. The standard InChI is InChI=1S/C24H20N2O5S/c1-12-20-14(11-31-3)7-8-15(13(2)27)22(20)32-21(12)23(28)26-19-10-9-16-17(24(29)30)5-4-6-18(16)25-19/h4-10H,11H2,1-3H3,(H,29,30)(H,25,26,28). The average Bonchev–Trinajstić information content (AvgIpc) is 3.11. The van der Waals surface area contributed by atoms with E-state index in [0.717, 1.165) is 21.2 Å². The first-order valence-corrected chi connectivity index (χ1v) is 10.6. The average molecular weight is 449 g/mol. The Hall–Kier alpha value is -3.62. The highest BCUT2D eigenvalue weighted by atomic mass is 32.1. The number of carboxylic acids is 1. The van der Waals surface area contributed by atoms with Crippen molar-refractivity contribution in [1.82, 2.24) is 4.98 Å². The van der Waals surface area contributed by atoms with Crippen molar-refractivity contribution in [2.75, 3.05) is 12.4 Å². The third kappa shape index (κ3) is 3.74. The number of anilines is 1. The molecule has 0 atom stereocenters. The molecule has 0 saturated heterocycles. The molecule has 0 bridgehead atoms. The van der Waals surface area contributed by atoms with Gasteiger partial charge < -0.3 is 15.2 Å². The lowest BCUT2D eigenvalue weighted by Gasteiger charge is -2.07. The highest BCUT2D eigenvalue weighted by Crippen LogP contribution is 2.37. The molecule has 1 amide bonds. The Morgan fingerprint density at radius 2 is 1.88 bits per heavy atom. The molecule has 162 valence electrons. The fourth-order valence-electron chi connectivity index (χ4n) is 3.79. The highest BCUT2D eigenvalue weighted by Gasteiger charge is 2.21. The van der Waals surface area contributed by atoms with Crippen molar-refractivity contribution in [3.8, 4) is 0 Å². The van der Waals surface area contributed by atoms with Gasteiger partial charge in [0.15, 0.2) is 5.78 Å². The van der Waals surface area contributed by atoms with Gasteiger partial charge in [-0.1, -0.05) is 12.1 Å². The summed E-state index contributed by atoms with van der Waals surface area (Å²) in [6.45, 7) is 3.72. The molecule has 32 heavy (non-hydrogen) atoms. The summed E-state index contributed by atoms with van der Waals surface area (Å²) in [7, 11) is 1.60. The molecule has 0 aliphatic rings. The quantitative estimate of drug-likeness (QED) is 0.400. The van der Waals surface area contributed by atoms with Crippen LogP contribution in [0, 0.1) is 6.92 Å². The van der Waals surface area contributed by atoms with E-state index in [4.69, 9.17) is 4.74 Å². The largest absolute Gasteiger partial charge is 0.478 e. The van der Waals surface area contributed by atoms with Gasteiger partial charge in [0.25, 0.3) is 5.91 Å². The molecular weight excluding hydrogens is 428 g/mol. The number of fused-ring (bicyclic) bond motifs is 2. The lowest BCUT2D eigenvalue weighted by atomic mass is 10.0. The van der Waals surface area contributed by atoms with Crippen LogP contribution >= 0.6 is 11.3 Å². The summed E-state index contributed by atoms with van der Waals surface area (Å²) in [5, 5.41) is 13.5. The Balaban J connectivity index is 1.75. The number of aryl methyl sites for hydroxylation is 1. The molecule has 0 aliphatic heterocycles. The van der Waals surface area contributed by atoms with Gasteiger partial charge in [-0.05, 0) is 55.3 Å². The van der Waals surface area contributed by atoms with E-state index in [-0.39, 0.29) is 17.3 Å². The molecule has 2 heterocycles. The number of aromatic nitrogens is 1. The fourth-order valence-corrected chi connectivity index (χ4v) is 5.10. The number of rotatable bonds is 6. The molecule has 2 aromatic heterocycles. The van der Waals surface area contributed by atoms with Crippen LogP contribution in [0.25, 0.3) is 21.0 Å². The first kappa shape index (κ1) is 21.6. The van der Waals surface area contributed by atoms with E-state index in [9.17, 15) is 19.5 Å². The van der Waals surface area contributed by atoms with Crippen molar-refractivity contribution in [2.45, 2.75) is 20.5 Å². The molecule has 4 rings (SSSR count). The zero-order valence-electron chi connectivity index (χ0n) is 17.7. The third-order valence-electron chi connectivity index (χ3n) is 5.25. The Kier molecular flexibility index (Phi) is 5.73. The summed E-state index contributed by atoms with van der Waals surface area (Å²) in [4.78, 5) is 41.5. The third-order valence-corrected chi connectivity index (χ3v) is 6.58. The second-order valence-electron chi connectivity index (χ2n) is 7.35. The lowest BCUT2D eigenvalue weighted by molar-refractivity contribution is 0.0698. The lowest BCUT2D eigenvalue weighted by Crippen LogP contribution is -2.12. The minimum absolute atomic E-state index is 0.0717. The summed E-state index contributed by atoms with van der Waals surface area (Å²) in [5.41, 5.74) is 2.86. The number of carbonyl (C=O) groups excluding carboxylic acids is 2. The van der Waals surface area contributed by atoms with Gasteiger partial charge in [-0.3, -0.25) is 9.59 Å². The van der Waals surface area contributed by atoms with Crippen molar-refractivity contribution in [1.29, 1.82) is 0 Å². The van der Waals surface area contributed by atoms with E-state index in [0.29, 0.717) is 33.8 Å². The van der Waals surface area contributed by atoms with E-state index >= 15 is 0 Å². The van der Waals surface area contributed by atoms with Crippen LogP contribution < -0.4 is 5.32 Å². The van der Waals surface area contributed by atoms with Gasteiger partial charge in [-0.15, -0.1) is 11.3 Å².